The lowest BCUT2D eigenvalue weighted by Crippen LogP contribution is -2.16. The molecule has 0 fully saturated rings. The third-order valence-corrected chi connectivity index (χ3v) is 5.08. The number of hydrogen-bond acceptors (Lipinski definition) is 3. The van der Waals surface area contributed by atoms with Gasteiger partial charge in [-0.2, -0.15) is 0 Å². The quantitative estimate of drug-likeness (QED) is 0.647. The molecule has 0 heterocycles. The molecule has 0 saturated carbocycles. The van der Waals surface area contributed by atoms with E-state index >= 15 is 0 Å². The van der Waals surface area contributed by atoms with Gasteiger partial charge in [0, 0.05) is 4.90 Å². The first kappa shape index (κ1) is 18.5. The van der Waals surface area contributed by atoms with Crippen molar-refractivity contribution >= 4 is 22.7 Å². The van der Waals surface area contributed by atoms with E-state index in [0.717, 1.165) is 12.1 Å². The fourth-order valence-electron chi connectivity index (χ4n) is 2.61. The van der Waals surface area contributed by atoms with Crippen molar-refractivity contribution in [2.24, 2.45) is 5.14 Å². The van der Waals surface area contributed by atoms with Crippen LogP contribution in [0.3, 0.4) is 0 Å². The topological polar surface area (TPSA) is 60.2 Å². The average molecular weight is 395 g/mol. The van der Waals surface area contributed by atoms with Crippen molar-refractivity contribution in [2.45, 2.75) is 9.79 Å². The monoisotopic (exact) mass is 395 g/mol. The molecule has 3 aromatic rings. The van der Waals surface area contributed by atoms with Crippen LogP contribution < -0.4 is 5.14 Å². The fourth-order valence-corrected chi connectivity index (χ4v) is 3.61. The van der Waals surface area contributed by atoms with Gasteiger partial charge < -0.3 is 0 Å². The molecule has 134 valence electrons. The normalized spacial score (nSPS) is 11.6. The van der Waals surface area contributed by atoms with E-state index < -0.39 is 32.4 Å². The molecule has 3 rings (SSSR count). The summed E-state index contributed by atoms with van der Waals surface area (Å²) in [5.41, 5.74) is 1.77. The third-order valence-electron chi connectivity index (χ3n) is 3.75. The van der Waals surface area contributed by atoms with Gasteiger partial charge in [-0.1, -0.05) is 24.3 Å². The first-order valence-electron chi connectivity index (χ1n) is 7.28. The first-order chi connectivity index (χ1) is 12.2. The van der Waals surface area contributed by atoms with Crippen molar-refractivity contribution in [1.82, 2.24) is 0 Å². The van der Waals surface area contributed by atoms with Gasteiger partial charge in [0.15, 0.2) is 4.90 Å². The minimum atomic E-state index is -4.52. The second-order valence-electron chi connectivity index (χ2n) is 5.56. The highest BCUT2D eigenvalue weighted by molar-refractivity contribution is 7.89. The molecule has 3 aromatic carbocycles. The second kappa shape index (κ2) is 6.79. The van der Waals surface area contributed by atoms with Crippen LogP contribution >= 0.6 is 12.6 Å². The molecule has 0 saturated heterocycles. The van der Waals surface area contributed by atoms with Gasteiger partial charge in [-0.3, -0.25) is 0 Å². The van der Waals surface area contributed by atoms with Crippen LogP contribution in [-0.2, 0) is 10.0 Å². The number of benzene rings is 3. The van der Waals surface area contributed by atoms with Crippen molar-refractivity contribution in [3.8, 4) is 22.3 Å². The van der Waals surface area contributed by atoms with Crippen LogP contribution in [0.25, 0.3) is 22.3 Å². The summed E-state index contributed by atoms with van der Waals surface area (Å²) in [6, 6.07) is 12.4. The number of hydrogen-bond donors (Lipinski definition) is 2. The van der Waals surface area contributed by atoms with E-state index in [0.29, 0.717) is 21.6 Å². The molecule has 0 aliphatic rings. The zero-order valence-corrected chi connectivity index (χ0v) is 14.8. The Kier molecular flexibility index (Phi) is 4.83. The molecule has 8 heteroatoms. The first-order valence-corrected chi connectivity index (χ1v) is 9.27. The summed E-state index contributed by atoms with van der Waals surface area (Å²) in [7, 11) is -4.52. The molecule has 0 atom stereocenters. The van der Waals surface area contributed by atoms with Gasteiger partial charge in [0.2, 0.25) is 10.0 Å². The van der Waals surface area contributed by atoms with E-state index in [2.05, 4.69) is 12.6 Å². The highest BCUT2D eigenvalue weighted by Gasteiger charge is 2.21. The largest absolute Gasteiger partial charge is 0.243 e. The summed E-state index contributed by atoms with van der Waals surface area (Å²) in [4.78, 5) is -0.715. The Morgan fingerprint density at radius 3 is 2.00 bits per heavy atom. The van der Waals surface area contributed by atoms with Crippen molar-refractivity contribution in [3.63, 3.8) is 0 Å². The van der Waals surface area contributed by atoms with Crippen LogP contribution in [0.15, 0.2) is 64.4 Å². The molecular weight excluding hydrogens is 383 g/mol. The van der Waals surface area contributed by atoms with Crippen molar-refractivity contribution in [3.05, 3.63) is 72.0 Å². The minimum Gasteiger partial charge on any atom is -0.224 e. The number of halogens is 3. The standard InChI is InChI=1S/C18H12F3NO2S2/c19-13-3-1-2-11(6-13)14-5-4-10(9-17(14)25)12-7-15(20)18(16(21)8-12)26(22,23)24/h1-9,25H,(H2,22,23,24). The lowest BCUT2D eigenvalue weighted by Gasteiger charge is -2.10. The molecule has 0 aromatic heterocycles. The SMILES string of the molecule is NS(=O)(=O)c1c(F)cc(-c2ccc(-c3cccc(F)c3)c(S)c2)cc1F. The Labute approximate surface area is 153 Å². The van der Waals surface area contributed by atoms with Gasteiger partial charge in [-0.15, -0.1) is 12.6 Å². The summed E-state index contributed by atoms with van der Waals surface area (Å²) in [6.07, 6.45) is 0. The van der Waals surface area contributed by atoms with Crippen LogP contribution in [0.4, 0.5) is 13.2 Å². The van der Waals surface area contributed by atoms with Crippen molar-refractivity contribution in [2.75, 3.05) is 0 Å². The molecule has 0 aliphatic carbocycles. The van der Waals surface area contributed by atoms with Gasteiger partial charge in [-0.05, 0) is 52.6 Å². The van der Waals surface area contributed by atoms with Crippen LogP contribution in [0, 0.1) is 17.5 Å². The molecule has 0 spiro atoms. The van der Waals surface area contributed by atoms with Crippen molar-refractivity contribution in [1.29, 1.82) is 0 Å². The molecule has 0 unspecified atom stereocenters. The van der Waals surface area contributed by atoms with Gasteiger partial charge in [-0.25, -0.2) is 26.7 Å². The van der Waals surface area contributed by atoms with Crippen LogP contribution in [-0.4, -0.2) is 8.42 Å². The maximum absolute atomic E-state index is 14.0. The average Bonchev–Trinajstić information content (AvgIpc) is 2.52. The maximum Gasteiger partial charge on any atom is 0.243 e. The highest BCUT2D eigenvalue weighted by Crippen LogP contribution is 2.33. The zero-order chi connectivity index (χ0) is 19.1. The van der Waals surface area contributed by atoms with Gasteiger partial charge in [0.05, 0.1) is 0 Å². The summed E-state index contributed by atoms with van der Waals surface area (Å²) < 4.78 is 63.9. The maximum atomic E-state index is 14.0. The second-order valence-corrected chi connectivity index (χ2v) is 7.54. The third kappa shape index (κ3) is 3.62. The van der Waals surface area contributed by atoms with Crippen LogP contribution in [0.5, 0.6) is 0 Å². The Bertz CT molecular complexity index is 1090. The summed E-state index contributed by atoms with van der Waals surface area (Å²) >= 11 is 4.36. The fraction of sp³-hybridized carbons (Fsp3) is 0. The Morgan fingerprint density at radius 2 is 1.46 bits per heavy atom. The van der Waals surface area contributed by atoms with Crippen molar-refractivity contribution < 1.29 is 21.6 Å². The van der Waals surface area contributed by atoms with E-state index in [1.807, 2.05) is 0 Å². The lowest BCUT2D eigenvalue weighted by molar-refractivity contribution is 0.520. The Morgan fingerprint density at radius 1 is 0.808 bits per heavy atom. The molecule has 2 N–H and O–H groups in total. The van der Waals surface area contributed by atoms with E-state index in [1.165, 1.54) is 12.1 Å². The van der Waals surface area contributed by atoms with Gasteiger partial charge in [0.1, 0.15) is 17.5 Å². The van der Waals surface area contributed by atoms with E-state index in [4.69, 9.17) is 5.14 Å². The Hall–Kier alpha value is -2.29. The molecule has 3 nitrogen and oxygen atoms in total. The van der Waals surface area contributed by atoms with E-state index in [-0.39, 0.29) is 5.56 Å². The molecule has 0 amide bonds. The number of rotatable bonds is 3. The predicted molar refractivity (Wildman–Crippen MR) is 95.8 cm³/mol. The van der Waals surface area contributed by atoms with Gasteiger partial charge in [0.25, 0.3) is 0 Å². The van der Waals surface area contributed by atoms with Crippen LogP contribution in [0.2, 0.25) is 0 Å². The number of primary sulfonamides is 1. The zero-order valence-electron chi connectivity index (χ0n) is 13.1. The highest BCUT2D eigenvalue weighted by atomic mass is 32.2. The van der Waals surface area contributed by atoms with E-state index in [9.17, 15) is 21.6 Å². The molecule has 0 radical (unpaired) electrons. The summed E-state index contributed by atoms with van der Waals surface area (Å²) in [6.45, 7) is 0. The molecule has 0 aliphatic heterocycles. The summed E-state index contributed by atoms with van der Waals surface area (Å²) in [5.74, 6) is -2.96. The minimum absolute atomic E-state index is 0.119. The molecular formula is C18H12F3NO2S2. The predicted octanol–water partition coefficient (Wildman–Crippen LogP) is 4.37. The van der Waals surface area contributed by atoms with Crippen LogP contribution in [0.1, 0.15) is 0 Å². The number of sulfonamides is 1. The smallest absolute Gasteiger partial charge is 0.224 e. The molecule has 26 heavy (non-hydrogen) atoms. The molecule has 0 bridgehead atoms. The number of thiol groups is 1. The Balaban J connectivity index is 2.08. The van der Waals surface area contributed by atoms with Gasteiger partial charge >= 0.3 is 0 Å². The lowest BCUT2D eigenvalue weighted by atomic mass is 10.00. The summed E-state index contributed by atoms with van der Waals surface area (Å²) in [5, 5.41) is 4.82. The van der Waals surface area contributed by atoms with E-state index in [1.54, 1.807) is 30.3 Å². The number of nitrogens with two attached hydrogens (primary N) is 1.